The van der Waals surface area contributed by atoms with Gasteiger partial charge in [0.1, 0.15) is 0 Å². The summed E-state index contributed by atoms with van der Waals surface area (Å²) >= 11 is 0. The van der Waals surface area contributed by atoms with E-state index in [0.717, 1.165) is 16.3 Å². The standard InChI is InChI=1S/C24H21NO2/c1-13-14(2)16(4)18(15(13)3)11-9-17-10-12-21-22-19(17)7-6-8-20(22)23(26)25(5)24(21)27/h6-8,10,12,18H,1-5H3. The molecule has 0 fully saturated rings. The van der Waals surface area contributed by atoms with E-state index in [1.54, 1.807) is 12.1 Å². The molecule has 27 heavy (non-hydrogen) atoms. The van der Waals surface area contributed by atoms with Gasteiger partial charge in [0.25, 0.3) is 11.8 Å². The first kappa shape index (κ1) is 17.3. The highest BCUT2D eigenvalue weighted by atomic mass is 16.2. The molecule has 0 saturated carbocycles. The Morgan fingerprint density at radius 2 is 1.44 bits per heavy atom. The summed E-state index contributed by atoms with van der Waals surface area (Å²) < 4.78 is 0. The second kappa shape index (κ2) is 5.96. The highest BCUT2D eigenvalue weighted by Crippen LogP contribution is 2.36. The van der Waals surface area contributed by atoms with Crippen LogP contribution in [0.2, 0.25) is 0 Å². The highest BCUT2D eigenvalue weighted by molar-refractivity contribution is 6.25. The summed E-state index contributed by atoms with van der Waals surface area (Å²) in [5.74, 6) is 6.34. The molecule has 2 aromatic rings. The molecule has 0 unspecified atom stereocenters. The van der Waals surface area contributed by atoms with Gasteiger partial charge in [0.15, 0.2) is 0 Å². The number of hydrogen-bond acceptors (Lipinski definition) is 2. The number of imide groups is 1. The van der Waals surface area contributed by atoms with Crippen molar-refractivity contribution in [3.8, 4) is 11.8 Å². The fourth-order valence-electron chi connectivity index (χ4n) is 4.04. The van der Waals surface area contributed by atoms with E-state index in [4.69, 9.17) is 0 Å². The maximum Gasteiger partial charge on any atom is 0.261 e. The molecule has 1 aliphatic carbocycles. The van der Waals surface area contributed by atoms with Gasteiger partial charge >= 0.3 is 0 Å². The van der Waals surface area contributed by atoms with Crippen LogP contribution in [-0.2, 0) is 0 Å². The normalized spacial score (nSPS) is 17.1. The molecule has 0 saturated heterocycles. The Morgan fingerprint density at radius 1 is 0.852 bits per heavy atom. The van der Waals surface area contributed by atoms with Crippen LogP contribution in [0.1, 0.15) is 54.0 Å². The summed E-state index contributed by atoms with van der Waals surface area (Å²) in [5.41, 5.74) is 7.22. The van der Waals surface area contributed by atoms with Gasteiger partial charge in [-0.1, -0.05) is 35.1 Å². The Labute approximate surface area is 159 Å². The number of rotatable bonds is 0. The van der Waals surface area contributed by atoms with Gasteiger partial charge in [-0.15, -0.1) is 0 Å². The van der Waals surface area contributed by atoms with Gasteiger partial charge in [0.05, 0.1) is 5.92 Å². The van der Waals surface area contributed by atoms with Crippen molar-refractivity contribution in [2.75, 3.05) is 7.05 Å². The third kappa shape index (κ3) is 2.37. The smallest absolute Gasteiger partial charge is 0.261 e. The molecule has 0 spiro atoms. The quantitative estimate of drug-likeness (QED) is 0.506. The number of carbonyl (C=O) groups excluding carboxylic acids is 2. The number of benzene rings is 2. The third-order valence-electron chi connectivity index (χ3n) is 6.07. The van der Waals surface area contributed by atoms with Crippen molar-refractivity contribution in [1.29, 1.82) is 0 Å². The number of allylic oxidation sites excluding steroid dienone is 4. The van der Waals surface area contributed by atoms with Crippen molar-refractivity contribution in [3.63, 3.8) is 0 Å². The lowest BCUT2D eigenvalue weighted by molar-refractivity contribution is 0.0650. The fraction of sp³-hybridized carbons (Fsp3) is 0.250. The van der Waals surface area contributed by atoms with E-state index >= 15 is 0 Å². The van der Waals surface area contributed by atoms with Gasteiger partial charge < -0.3 is 0 Å². The molecule has 3 heteroatoms. The third-order valence-corrected chi connectivity index (χ3v) is 6.07. The Hall–Kier alpha value is -3.12. The Morgan fingerprint density at radius 3 is 2.07 bits per heavy atom. The molecule has 1 heterocycles. The zero-order chi connectivity index (χ0) is 19.5. The van der Waals surface area contributed by atoms with Gasteiger partial charge in [0.2, 0.25) is 0 Å². The van der Waals surface area contributed by atoms with Crippen LogP contribution in [0.4, 0.5) is 0 Å². The summed E-state index contributed by atoms with van der Waals surface area (Å²) in [6.45, 7) is 8.57. The van der Waals surface area contributed by atoms with Crippen LogP contribution in [0.5, 0.6) is 0 Å². The molecule has 0 N–H and O–H groups in total. The topological polar surface area (TPSA) is 37.4 Å². The van der Waals surface area contributed by atoms with Crippen molar-refractivity contribution in [2.24, 2.45) is 5.92 Å². The molecule has 0 atom stereocenters. The van der Waals surface area contributed by atoms with Crippen molar-refractivity contribution in [3.05, 3.63) is 69.3 Å². The van der Waals surface area contributed by atoms with Crippen molar-refractivity contribution in [1.82, 2.24) is 4.90 Å². The predicted molar refractivity (Wildman–Crippen MR) is 107 cm³/mol. The molecule has 1 aliphatic heterocycles. The largest absolute Gasteiger partial charge is 0.277 e. The molecular weight excluding hydrogens is 334 g/mol. The first-order chi connectivity index (χ1) is 12.8. The molecule has 0 aromatic heterocycles. The lowest BCUT2D eigenvalue weighted by Crippen LogP contribution is -2.36. The van der Waals surface area contributed by atoms with Crippen LogP contribution in [0.3, 0.4) is 0 Å². The molecule has 4 rings (SSSR count). The van der Waals surface area contributed by atoms with Crippen molar-refractivity contribution < 1.29 is 9.59 Å². The van der Waals surface area contributed by atoms with E-state index in [0.29, 0.717) is 11.1 Å². The Kier molecular flexibility index (Phi) is 3.82. The van der Waals surface area contributed by atoms with E-state index < -0.39 is 0 Å². The van der Waals surface area contributed by atoms with Gasteiger partial charge in [-0.05, 0) is 62.4 Å². The molecule has 3 nitrogen and oxygen atoms in total. The highest BCUT2D eigenvalue weighted by Gasteiger charge is 2.30. The second-order valence-corrected chi connectivity index (χ2v) is 7.38. The minimum atomic E-state index is -0.261. The molecule has 2 amide bonds. The zero-order valence-corrected chi connectivity index (χ0v) is 16.2. The second-order valence-electron chi connectivity index (χ2n) is 7.38. The van der Waals surface area contributed by atoms with Crippen LogP contribution in [0.15, 0.2) is 52.6 Å². The number of amides is 2. The molecule has 0 bridgehead atoms. The molecular formula is C24H21NO2. The first-order valence-corrected chi connectivity index (χ1v) is 9.07. The maximum absolute atomic E-state index is 12.5. The van der Waals surface area contributed by atoms with Gasteiger partial charge in [0, 0.05) is 29.1 Å². The molecule has 0 radical (unpaired) electrons. The van der Waals surface area contributed by atoms with Crippen LogP contribution >= 0.6 is 0 Å². The predicted octanol–water partition coefficient (Wildman–Crippen LogP) is 4.72. The van der Waals surface area contributed by atoms with Gasteiger partial charge in [-0.3, -0.25) is 14.5 Å². The lowest BCUT2D eigenvalue weighted by atomic mass is 9.91. The molecule has 2 aromatic carbocycles. The molecule has 2 aliphatic rings. The monoisotopic (exact) mass is 355 g/mol. The first-order valence-electron chi connectivity index (χ1n) is 9.07. The number of carbonyl (C=O) groups is 2. The van der Waals surface area contributed by atoms with Crippen molar-refractivity contribution >= 4 is 22.6 Å². The summed E-state index contributed by atoms with van der Waals surface area (Å²) in [5, 5.41) is 1.58. The van der Waals surface area contributed by atoms with Crippen molar-refractivity contribution in [2.45, 2.75) is 27.7 Å². The van der Waals surface area contributed by atoms with Gasteiger partial charge in [-0.2, -0.15) is 0 Å². The van der Waals surface area contributed by atoms with Gasteiger partial charge in [-0.25, -0.2) is 0 Å². The average Bonchev–Trinajstić information content (AvgIpc) is 2.86. The number of hydrogen-bond donors (Lipinski definition) is 0. The minimum Gasteiger partial charge on any atom is -0.277 e. The summed E-state index contributed by atoms with van der Waals surface area (Å²) in [7, 11) is 1.52. The Balaban J connectivity index is 1.89. The lowest BCUT2D eigenvalue weighted by Gasteiger charge is -2.24. The average molecular weight is 355 g/mol. The van der Waals surface area contributed by atoms with Crippen LogP contribution in [0, 0.1) is 17.8 Å². The maximum atomic E-state index is 12.5. The fourth-order valence-corrected chi connectivity index (χ4v) is 4.04. The van der Waals surface area contributed by atoms with Crippen LogP contribution in [-0.4, -0.2) is 23.8 Å². The van der Waals surface area contributed by atoms with E-state index in [1.165, 1.54) is 34.2 Å². The van der Waals surface area contributed by atoms with Crippen LogP contribution in [0.25, 0.3) is 10.8 Å². The van der Waals surface area contributed by atoms with Crippen LogP contribution < -0.4 is 0 Å². The SMILES string of the molecule is CC1=C(C)C(C#Cc2ccc3c4c(cccc24)C(=O)N(C)C3=O)C(C)=C1C. The minimum absolute atomic E-state index is 0.130. The van der Waals surface area contributed by atoms with E-state index in [9.17, 15) is 9.59 Å². The summed E-state index contributed by atoms with van der Waals surface area (Å²) in [6.07, 6.45) is 0. The van der Waals surface area contributed by atoms with E-state index in [-0.39, 0.29) is 17.7 Å². The molecule has 134 valence electrons. The summed E-state index contributed by atoms with van der Waals surface area (Å²) in [4.78, 5) is 26.2. The van der Waals surface area contributed by atoms with E-state index in [2.05, 4.69) is 39.5 Å². The van der Waals surface area contributed by atoms with E-state index in [1.807, 2.05) is 18.2 Å². The Bertz CT molecular complexity index is 1120. The zero-order valence-electron chi connectivity index (χ0n) is 16.2. The summed E-state index contributed by atoms with van der Waals surface area (Å²) in [6, 6.07) is 9.25. The number of nitrogens with zero attached hydrogens (tertiary/aromatic N) is 1.